The zero-order chi connectivity index (χ0) is 9.97. The molecule has 1 aromatic rings. The second-order valence-electron chi connectivity index (χ2n) is 3.79. The Bertz CT molecular complexity index is 298. The van der Waals surface area contributed by atoms with Crippen molar-refractivity contribution < 1.29 is 0 Å². The molecule has 0 bridgehead atoms. The van der Waals surface area contributed by atoms with Crippen LogP contribution < -0.4 is 11.1 Å². The smallest absolute Gasteiger partial charge is 0.127 e. The number of hydrogen-bond acceptors (Lipinski definition) is 4. The van der Waals surface area contributed by atoms with Crippen LogP contribution in [0.3, 0.4) is 0 Å². The van der Waals surface area contributed by atoms with Crippen LogP contribution in [-0.4, -0.2) is 23.1 Å². The van der Waals surface area contributed by atoms with Crippen molar-refractivity contribution >= 4 is 5.82 Å². The third-order valence-electron chi connectivity index (χ3n) is 2.64. The Balaban J connectivity index is 2.21. The van der Waals surface area contributed by atoms with Crippen molar-refractivity contribution in [1.29, 1.82) is 0 Å². The number of nitrogens with one attached hydrogen (secondary N) is 1. The van der Waals surface area contributed by atoms with Gasteiger partial charge in [0.1, 0.15) is 11.6 Å². The Labute approximate surface area is 83.9 Å². The molecule has 2 heterocycles. The Kier molecular flexibility index (Phi) is 2.63. The Morgan fingerprint density at radius 2 is 2.07 bits per heavy atom. The summed E-state index contributed by atoms with van der Waals surface area (Å²) in [6.45, 7) is 4.04. The number of nitrogen functional groups attached to an aromatic ring is 1. The van der Waals surface area contributed by atoms with Crippen LogP contribution in [0.15, 0.2) is 6.07 Å². The summed E-state index contributed by atoms with van der Waals surface area (Å²) < 4.78 is 0. The second kappa shape index (κ2) is 3.92. The summed E-state index contributed by atoms with van der Waals surface area (Å²) >= 11 is 0. The van der Waals surface area contributed by atoms with Crippen molar-refractivity contribution in [2.24, 2.45) is 0 Å². The van der Waals surface area contributed by atoms with E-state index < -0.39 is 0 Å². The molecule has 76 valence electrons. The highest BCUT2D eigenvalue weighted by Crippen LogP contribution is 2.24. The monoisotopic (exact) mass is 192 g/mol. The van der Waals surface area contributed by atoms with E-state index in [4.69, 9.17) is 5.73 Å². The predicted octanol–water partition coefficient (Wildman–Crippen LogP) is 0.834. The second-order valence-corrected chi connectivity index (χ2v) is 3.79. The minimum absolute atomic E-state index is 0.556. The van der Waals surface area contributed by atoms with Gasteiger partial charge < -0.3 is 11.1 Å². The first-order valence-corrected chi connectivity index (χ1v) is 5.07. The first-order chi connectivity index (χ1) is 6.75. The number of nitrogens with two attached hydrogens (primary N) is 1. The molecule has 1 aliphatic rings. The zero-order valence-corrected chi connectivity index (χ0v) is 8.45. The number of aryl methyl sites for hydroxylation is 1. The van der Waals surface area contributed by atoms with Gasteiger partial charge in [-0.3, -0.25) is 0 Å². The van der Waals surface area contributed by atoms with E-state index in [2.05, 4.69) is 15.3 Å². The Hall–Kier alpha value is -1.16. The third kappa shape index (κ3) is 2.01. The van der Waals surface area contributed by atoms with Crippen LogP contribution in [0.1, 0.15) is 30.3 Å². The number of nitrogens with zero attached hydrogens (tertiary/aromatic N) is 2. The van der Waals surface area contributed by atoms with Crippen molar-refractivity contribution in [3.63, 3.8) is 0 Å². The van der Waals surface area contributed by atoms with Gasteiger partial charge in [0.05, 0.1) is 0 Å². The van der Waals surface area contributed by atoms with Crippen molar-refractivity contribution in [2.45, 2.75) is 25.7 Å². The molecule has 0 spiro atoms. The molecule has 4 heteroatoms. The minimum Gasteiger partial charge on any atom is -0.384 e. The molecular weight excluding hydrogens is 176 g/mol. The lowest BCUT2D eigenvalue weighted by atomic mass is 9.94. The predicted molar refractivity (Wildman–Crippen MR) is 56.0 cm³/mol. The number of anilines is 1. The van der Waals surface area contributed by atoms with Gasteiger partial charge in [-0.2, -0.15) is 0 Å². The average molecular weight is 192 g/mol. The SMILES string of the molecule is Cc1nc(N)cc(C2CCNCC2)n1. The summed E-state index contributed by atoms with van der Waals surface area (Å²) in [7, 11) is 0. The summed E-state index contributed by atoms with van der Waals surface area (Å²) in [4.78, 5) is 8.52. The summed E-state index contributed by atoms with van der Waals surface area (Å²) in [6, 6.07) is 1.91. The normalized spacial score (nSPS) is 18.4. The third-order valence-corrected chi connectivity index (χ3v) is 2.64. The van der Waals surface area contributed by atoms with Crippen LogP contribution in [0.2, 0.25) is 0 Å². The van der Waals surface area contributed by atoms with Crippen LogP contribution in [0, 0.1) is 6.92 Å². The highest BCUT2D eigenvalue weighted by molar-refractivity contribution is 5.31. The van der Waals surface area contributed by atoms with Gasteiger partial charge in [0.2, 0.25) is 0 Å². The van der Waals surface area contributed by atoms with Crippen LogP contribution in [0.5, 0.6) is 0 Å². The van der Waals surface area contributed by atoms with E-state index in [1.54, 1.807) is 0 Å². The van der Waals surface area contributed by atoms with Crippen molar-refractivity contribution in [2.75, 3.05) is 18.8 Å². The van der Waals surface area contributed by atoms with Crippen molar-refractivity contribution in [3.8, 4) is 0 Å². The van der Waals surface area contributed by atoms with Gasteiger partial charge in [0.15, 0.2) is 0 Å². The molecule has 0 atom stereocenters. The summed E-state index contributed by atoms with van der Waals surface area (Å²) in [6.07, 6.45) is 2.30. The summed E-state index contributed by atoms with van der Waals surface area (Å²) in [5.74, 6) is 1.92. The fourth-order valence-electron chi connectivity index (χ4n) is 1.94. The van der Waals surface area contributed by atoms with E-state index in [1.165, 1.54) is 0 Å². The van der Waals surface area contributed by atoms with Crippen LogP contribution in [-0.2, 0) is 0 Å². The van der Waals surface area contributed by atoms with Gasteiger partial charge in [0, 0.05) is 17.7 Å². The maximum absolute atomic E-state index is 5.70. The lowest BCUT2D eigenvalue weighted by Crippen LogP contribution is -2.27. The lowest BCUT2D eigenvalue weighted by molar-refractivity contribution is 0.452. The summed E-state index contributed by atoms with van der Waals surface area (Å²) in [5.41, 5.74) is 6.81. The van der Waals surface area contributed by atoms with E-state index in [0.29, 0.717) is 11.7 Å². The molecular formula is C10H16N4. The highest BCUT2D eigenvalue weighted by Gasteiger charge is 2.17. The molecule has 4 nitrogen and oxygen atoms in total. The quantitative estimate of drug-likeness (QED) is 0.692. The highest BCUT2D eigenvalue weighted by atomic mass is 14.9. The summed E-state index contributed by atoms with van der Waals surface area (Å²) in [5, 5.41) is 3.34. The fourth-order valence-corrected chi connectivity index (χ4v) is 1.94. The van der Waals surface area contributed by atoms with Gasteiger partial charge in [-0.05, 0) is 32.9 Å². The van der Waals surface area contributed by atoms with Gasteiger partial charge >= 0.3 is 0 Å². The van der Waals surface area contributed by atoms with E-state index in [9.17, 15) is 0 Å². The molecule has 1 aliphatic heterocycles. The fraction of sp³-hybridized carbons (Fsp3) is 0.600. The molecule has 2 rings (SSSR count). The van der Waals surface area contributed by atoms with Crippen LogP contribution >= 0.6 is 0 Å². The number of aromatic nitrogens is 2. The molecule has 1 fully saturated rings. The Morgan fingerprint density at radius 3 is 2.71 bits per heavy atom. The maximum atomic E-state index is 5.70. The number of rotatable bonds is 1. The van der Waals surface area contributed by atoms with Crippen LogP contribution in [0.4, 0.5) is 5.82 Å². The van der Waals surface area contributed by atoms with Gasteiger partial charge in [0.25, 0.3) is 0 Å². The molecule has 0 amide bonds. The van der Waals surface area contributed by atoms with Crippen molar-refractivity contribution in [3.05, 3.63) is 17.6 Å². The topological polar surface area (TPSA) is 63.8 Å². The number of piperidine rings is 1. The lowest BCUT2D eigenvalue weighted by Gasteiger charge is -2.22. The molecule has 0 aromatic carbocycles. The maximum Gasteiger partial charge on any atom is 0.127 e. The average Bonchev–Trinajstić information content (AvgIpc) is 2.18. The van der Waals surface area contributed by atoms with E-state index in [0.717, 1.165) is 37.4 Å². The van der Waals surface area contributed by atoms with E-state index in [1.807, 2.05) is 13.0 Å². The molecule has 1 aromatic heterocycles. The standard InChI is InChI=1S/C10H16N4/c1-7-13-9(6-10(11)14-7)8-2-4-12-5-3-8/h6,8,12H,2-5H2,1H3,(H2,11,13,14). The van der Waals surface area contributed by atoms with Gasteiger partial charge in [-0.15, -0.1) is 0 Å². The van der Waals surface area contributed by atoms with Crippen molar-refractivity contribution in [1.82, 2.24) is 15.3 Å². The molecule has 0 aliphatic carbocycles. The van der Waals surface area contributed by atoms with Crippen LogP contribution in [0.25, 0.3) is 0 Å². The first-order valence-electron chi connectivity index (χ1n) is 5.07. The molecule has 0 radical (unpaired) electrons. The van der Waals surface area contributed by atoms with Gasteiger partial charge in [-0.25, -0.2) is 9.97 Å². The molecule has 14 heavy (non-hydrogen) atoms. The zero-order valence-electron chi connectivity index (χ0n) is 8.45. The largest absolute Gasteiger partial charge is 0.384 e. The van der Waals surface area contributed by atoms with E-state index in [-0.39, 0.29) is 0 Å². The molecule has 1 saturated heterocycles. The Morgan fingerprint density at radius 1 is 1.36 bits per heavy atom. The molecule has 0 unspecified atom stereocenters. The molecule has 0 saturated carbocycles. The number of hydrogen-bond donors (Lipinski definition) is 2. The minimum atomic E-state index is 0.556. The van der Waals surface area contributed by atoms with Gasteiger partial charge in [-0.1, -0.05) is 0 Å². The molecule has 3 N–H and O–H groups in total. The van der Waals surface area contributed by atoms with E-state index >= 15 is 0 Å². The first kappa shape index (κ1) is 9.40.